The molecule has 1 aliphatic rings. The lowest BCUT2D eigenvalue weighted by atomic mass is 9.96. The van der Waals surface area contributed by atoms with Crippen molar-refractivity contribution in [1.82, 2.24) is 10.2 Å². The van der Waals surface area contributed by atoms with Crippen LogP contribution in [0.5, 0.6) is 0 Å². The minimum Gasteiger partial charge on any atom is -0.480 e. The normalized spacial score (nSPS) is 21.0. The van der Waals surface area contributed by atoms with Crippen LogP contribution in [0.15, 0.2) is 0 Å². The molecule has 1 heterocycles. The van der Waals surface area contributed by atoms with E-state index in [4.69, 9.17) is 10.8 Å². The molecule has 1 rings (SSSR count). The molecule has 4 N–H and O–H groups in total. The molecule has 7 heteroatoms. The first-order valence-electron chi connectivity index (χ1n) is 6.40. The number of primary amides is 1. The standard InChI is InChI=1S/C12H21N3O4/c1-7(2)9(11(17)18)14-10(16)8-4-3-5-15(6-8)12(13)19/h7-9H,3-6H2,1-2H3,(H2,13,19)(H,14,16)(H,17,18)/t8?,9-/m1/s1. The van der Waals surface area contributed by atoms with Crippen molar-refractivity contribution >= 4 is 17.9 Å². The second-order valence-corrected chi connectivity index (χ2v) is 5.19. The molecule has 0 bridgehead atoms. The summed E-state index contributed by atoms with van der Waals surface area (Å²) in [6.07, 6.45) is 1.33. The fourth-order valence-corrected chi connectivity index (χ4v) is 2.18. The lowest BCUT2D eigenvalue weighted by Crippen LogP contribution is -2.51. The summed E-state index contributed by atoms with van der Waals surface area (Å²) < 4.78 is 0. The van der Waals surface area contributed by atoms with Gasteiger partial charge in [0.25, 0.3) is 0 Å². The molecule has 0 aromatic rings. The minimum absolute atomic E-state index is 0.197. The Morgan fingerprint density at radius 3 is 2.47 bits per heavy atom. The number of rotatable bonds is 4. The van der Waals surface area contributed by atoms with Gasteiger partial charge in [-0.15, -0.1) is 0 Å². The number of nitrogens with zero attached hydrogens (tertiary/aromatic N) is 1. The number of aliphatic carboxylic acids is 1. The smallest absolute Gasteiger partial charge is 0.326 e. The van der Waals surface area contributed by atoms with Gasteiger partial charge in [-0.25, -0.2) is 9.59 Å². The van der Waals surface area contributed by atoms with Crippen LogP contribution in [-0.4, -0.2) is 47.0 Å². The lowest BCUT2D eigenvalue weighted by molar-refractivity contribution is -0.144. The van der Waals surface area contributed by atoms with Crippen LogP contribution in [0.1, 0.15) is 26.7 Å². The molecule has 1 fully saturated rings. The first-order chi connectivity index (χ1) is 8.82. The Labute approximate surface area is 112 Å². The van der Waals surface area contributed by atoms with Gasteiger partial charge < -0.3 is 21.1 Å². The average molecular weight is 271 g/mol. The molecule has 108 valence electrons. The Morgan fingerprint density at radius 1 is 1.37 bits per heavy atom. The number of likely N-dealkylation sites (tertiary alicyclic amines) is 1. The van der Waals surface area contributed by atoms with E-state index in [1.807, 2.05) is 0 Å². The number of carbonyl (C=O) groups is 3. The van der Waals surface area contributed by atoms with Gasteiger partial charge in [0, 0.05) is 13.1 Å². The molecule has 0 saturated carbocycles. The van der Waals surface area contributed by atoms with Crippen molar-refractivity contribution in [3.63, 3.8) is 0 Å². The fraction of sp³-hybridized carbons (Fsp3) is 0.750. The molecule has 1 unspecified atom stereocenters. The molecule has 0 aromatic heterocycles. The van der Waals surface area contributed by atoms with Gasteiger partial charge in [-0.1, -0.05) is 13.8 Å². The van der Waals surface area contributed by atoms with Crippen LogP contribution in [0.4, 0.5) is 4.79 Å². The topological polar surface area (TPSA) is 113 Å². The van der Waals surface area contributed by atoms with Gasteiger partial charge in [-0.05, 0) is 18.8 Å². The summed E-state index contributed by atoms with van der Waals surface area (Å²) in [6.45, 7) is 4.27. The molecule has 1 aliphatic heterocycles. The maximum atomic E-state index is 12.0. The molecule has 3 amide bonds. The van der Waals surface area contributed by atoms with Crippen molar-refractivity contribution in [3.8, 4) is 0 Å². The summed E-state index contributed by atoms with van der Waals surface area (Å²) in [5.41, 5.74) is 5.19. The summed E-state index contributed by atoms with van der Waals surface area (Å²) >= 11 is 0. The number of hydrogen-bond acceptors (Lipinski definition) is 3. The molecule has 0 aliphatic carbocycles. The lowest BCUT2D eigenvalue weighted by Gasteiger charge is -2.31. The largest absolute Gasteiger partial charge is 0.480 e. The maximum Gasteiger partial charge on any atom is 0.326 e. The number of urea groups is 1. The molecule has 0 aromatic carbocycles. The van der Waals surface area contributed by atoms with Crippen molar-refractivity contribution in [2.45, 2.75) is 32.7 Å². The number of nitrogens with one attached hydrogen (secondary N) is 1. The molecule has 0 radical (unpaired) electrons. The van der Waals surface area contributed by atoms with E-state index in [9.17, 15) is 14.4 Å². The SMILES string of the molecule is CC(C)[C@@H](NC(=O)C1CCCN(C(N)=O)C1)C(=O)O. The molecular formula is C12H21N3O4. The van der Waals surface area contributed by atoms with Crippen molar-refractivity contribution in [2.24, 2.45) is 17.6 Å². The molecule has 19 heavy (non-hydrogen) atoms. The number of nitrogens with two attached hydrogens (primary N) is 1. The summed E-state index contributed by atoms with van der Waals surface area (Å²) in [7, 11) is 0. The zero-order chi connectivity index (χ0) is 14.6. The number of carbonyl (C=O) groups excluding carboxylic acids is 2. The van der Waals surface area contributed by atoms with Gasteiger partial charge >= 0.3 is 12.0 Å². The average Bonchev–Trinajstić information content (AvgIpc) is 2.34. The van der Waals surface area contributed by atoms with Crippen LogP contribution >= 0.6 is 0 Å². The number of carboxylic acids is 1. The Bertz CT molecular complexity index is 370. The predicted molar refractivity (Wildman–Crippen MR) is 68.3 cm³/mol. The minimum atomic E-state index is -1.05. The predicted octanol–water partition coefficient (Wildman–Crippen LogP) is 0.00250. The summed E-state index contributed by atoms with van der Waals surface area (Å²) in [5, 5.41) is 11.6. The highest BCUT2D eigenvalue weighted by Crippen LogP contribution is 2.17. The van der Waals surface area contributed by atoms with Crippen molar-refractivity contribution < 1.29 is 19.5 Å². The highest BCUT2D eigenvalue weighted by atomic mass is 16.4. The number of hydrogen-bond donors (Lipinski definition) is 3. The van der Waals surface area contributed by atoms with Crippen molar-refractivity contribution in [3.05, 3.63) is 0 Å². The molecular weight excluding hydrogens is 250 g/mol. The van der Waals surface area contributed by atoms with E-state index in [1.54, 1.807) is 13.8 Å². The third-order valence-corrected chi connectivity index (χ3v) is 3.33. The Kier molecular flexibility index (Phi) is 5.14. The van der Waals surface area contributed by atoms with Gasteiger partial charge in [0.2, 0.25) is 5.91 Å². The van der Waals surface area contributed by atoms with Gasteiger partial charge in [-0.2, -0.15) is 0 Å². The molecule has 7 nitrogen and oxygen atoms in total. The van der Waals surface area contributed by atoms with E-state index < -0.39 is 18.0 Å². The summed E-state index contributed by atoms with van der Waals surface area (Å²) in [6, 6.07) is -1.45. The summed E-state index contributed by atoms with van der Waals surface area (Å²) in [5.74, 6) is -1.96. The van der Waals surface area contributed by atoms with Crippen LogP contribution in [0, 0.1) is 11.8 Å². The Hall–Kier alpha value is -1.79. The first kappa shape index (κ1) is 15.3. The van der Waals surface area contributed by atoms with Crippen LogP contribution in [0.25, 0.3) is 0 Å². The zero-order valence-corrected chi connectivity index (χ0v) is 11.3. The van der Waals surface area contributed by atoms with E-state index in [0.29, 0.717) is 19.4 Å². The highest BCUT2D eigenvalue weighted by Gasteiger charge is 2.31. The highest BCUT2D eigenvalue weighted by molar-refractivity contribution is 5.85. The van der Waals surface area contributed by atoms with Gasteiger partial charge in [0.05, 0.1) is 5.92 Å². The Morgan fingerprint density at radius 2 is 2.00 bits per heavy atom. The fourth-order valence-electron chi connectivity index (χ4n) is 2.18. The quantitative estimate of drug-likeness (QED) is 0.668. The maximum absolute atomic E-state index is 12.0. The van der Waals surface area contributed by atoms with Crippen molar-refractivity contribution in [2.75, 3.05) is 13.1 Å². The molecule has 1 saturated heterocycles. The zero-order valence-electron chi connectivity index (χ0n) is 11.3. The van der Waals surface area contributed by atoms with Crippen LogP contribution in [0.2, 0.25) is 0 Å². The first-order valence-corrected chi connectivity index (χ1v) is 6.40. The second-order valence-electron chi connectivity index (χ2n) is 5.19. The summed E-state index contributed by atoms with van der Waals surface area (Å²) in [4.78, 5) is 35.6. The van der Waals surface area contributed by atoms with E-state index in [0.717, 1.165) is 0 Å². The van der Waals surface area contributed by atoms with E-state index in [-0.39, 0.29) is 24.3 Å². The number of amides is 3. The molecule has 0 spiro atoms. The Balaban J connectivity index is 2.62. The van der Waals surface area contributed by atoms with E-state index >= 15 is 0 Å². The van der Waals surface area contributed by atoms with Gasteiger partial charge in [0.15, 0.2) is 0 Å². The van der Waals surface area contributed by atoms with Crippen LogP contribution < -0.4 is 11.1 Å². The van der Waals surface area contributed by atoms with Crippen molar-refractivity contribution in [1.29, 1.82) is 0 Å². The van der Waals surface area contributed by atoms with E-state index in [2.05, 4.69) is 5.32 Å². The molecule has 2 atom stereocenters. The third-order valence-electron chi connectivity index (χ3n) is 3.33. The van der Waals surface area contributed by atoms with Gasteiger partial charge in [0.1, 0.15) is 6.04 Å². The second kappa shape index (κ2) is 6.40. The van der Waals surface area contributed by atoms with Crippen LogP contribution in [-0.2, 0) is 9.59 Å². The number of carboxylic acid groups (broad SMARTS) is 1. The third kappa shape index (κ3) is 4.11. The number of piperidine rings is 1. The van der Waals surface area contributed by atoms with E-state index in [1.165, 1.54) is 4.90 Å². The monoisotopic (exact) mass is 271 g/mol. The van der Waals surface area contributed by atoms with Crippen LogP contribution in [0.3, 0.4) is 0 Å². The van der Waals surface area contributed by atoms with Gasteiger partial charge in [-0.3, -0.25) is 4.79 Å².